The van der Waals surface area contributed by atoms with Crippen LogP contribution >= 0.6 is 23.1 Å². The monoisotopic (exact) mass is 401 g/mol. The Hall–Kier alpha value is -2.39. The van der Waals surface area contributed by atoms with Crippen LogP contribution in [0.1, 0.15) is 30.3 Å². The number of benzene rings is 1. The average molecular weight is 402 g/mol. The summed E-state index contributed by atoms with van der Waals surface area (Å²) in [6.45, 7) is 2.08. The molecule has 1 aromatic carbocycles. The summed E-state index contributed by atoms with van der Waals surface area (Å²) < 4.78 is 7.72. The van der Waals surface area contributed by atoms with Crippen molar-refractivity contribution in [3.63, 3.8) is 0 Å². The number of para-hydroxylation sites is 1. The normalized spacial score (nSPS) is 12.8. The Morgan fingerprint density at radius 2 is 2.15 bits per heavy atom. The predicted molar refractivity (Wildman–Crippen MR) is 106 cm³/mol. The molecule has 9 heteroatoms. The van der Waals surface area contributed by atoms with E-state index in [0.717, 1.165) is 34.3 Å². The van der Waals surface area contributed by atoms with E-state index in [2.05, 4.69) is 32.3 Å². The number of fused-ring (bicyclic) bond motifs is 1. The van der Waals surface area contributed by atoms with Crippen molar-refractivity contribution in [3.05, 3.63) is 47.3 Å². The molecule has 2 heterocycles. The quantitative estimate of drug-likeness (QED) is 0.495. The molecule has 1 N–H and O–H groups in total. The minimum atomic E-state index is -0.510. The van der Waals surface area contributed by atoms with E-state index in [9.17, 15) is 4.79 Å². The van der Waals surface area contributed by atoms with Crippen molar-refractivity contribution in [1.29, 1.82) is 0 Å². The molecule has 1 amide bonds. The summed E-state index contributed by atoms with van der Waals surface area (Å²) >= 11 is 2.92. The Kier molecular flexibility index (Phi) is 5.40. The lowest BCUT2D eigenvalue weighted by Crippen LogP contribution is -2.12. The van der Waals surface area contributed by atoms with Crippen LogP contribution in [-0.4, -0.2) is 32.7 Å². The summed E-state index contributed by atoms with van der Waals surface area (Å²) in [5, 5.41) is 16.0. The Bertz CT molecular complexity index is 939. The summed E-state index contributed by atoms with van der Waals surface area (Å²) in [6.07, 6.45) is 2.80. The zero-order valence-electron chi connectivity index (χ0n) is 14.8. The molecule has 4 rings (SSSR count). The first-order valence-electron chi connectivity index (χ1n) is 8.79. The van der Waals surface area contributed by atoms with Crippen molar-refractivity contribution in [1.82, 2.24) is 20.0 Å². The maximum atomic E-state index is 11.5. The average Bonchev–Trinajstić information content (AvgIpc) is 3.38. The fraction of sp³-hybridized carbons (Fsp3) is 0.333. The van der Waals surface area contributed by atoms with Crippen molar-refractivity contribution in [2.24, 2.45) is 0 Å². The van der Waals surface area contributed by atoms with Crippen molar-refractivity contribution in [3.8, 4) is 5.69 Å². The maximum Gasteiger partial charge on any atom is 0.413 e. The third kappa shape index (κ3) is 3.98. The molecular weight excluding hydrogens is 382 g/mol. The second-order valence-electron chi connectivity index (χ2n) is 5.98. The number of rotatable bonds is 6. The SMILES string of the molecule is CCOC(=O)Nc1nnc(SCc2nn(-c3ccccc3)c3c2CCC3)s1. The molecule has 0 atom stereocenters. The van der Waals surface area contributed by atoms with Gasteiger partial charge in [0, 0.05) is 11.4 Å². The number of aromatic nitrogens is 4. The van der Waals surface area contributed by atoms with Crippen molar-refractivity contribution >= 4 is 34.3 Å². The number of hydrogen-bond donors (Lipinski definition) is 1. The highest BCUT2D eigenvalue weighted by atomic mass is 32.2. The van der Waals surface area contributed by atoms with Crippen LogP contribution in [0.25, 0.3) is 5.69 Å². The van der Waals surface area contributed by atoms with Crippen LogP contribution in [0.15, 0.2) is 34.7 Å². The minimum absolute atomic E-state index is 0.321. The standard InChI is InChI=1S/C18H19N5O2S2/c1-2-25-17(24)19-16-20-21-18(27-16)26-11-14-13-9-6-10-15(13)23(22-14)12-7-4-3-5-8-12/h3-5,7-8H,2,6,9-11H2,1H3,(H,19,20,24). The molecule has 0 aliphatic heterocycles. The first kappa shape index (κ1) is 18.0. The molecule has 1 aliphatic rings. The van der Waals surface area contributed by atoms with Gasteiger partial charge in [-0.15, -0.1) is 10.2 Å². The second-order valence-corrected chi connectivity index (χ2v) is 8.18. The number of ether oxygens (including phenoxy) is 1. The number of anilines is 1. The van der Waals surface area contributed by atoms with Gasteiger partial charge in [0.05, 0.1) is 18.0 Å². The first-order chi connectivity index (χ1) is 13.2. The summed E-state index contributed by atoms with van der Waals surface area (Å²) in [5.74, 6) is 0.732. The Morgan fingerprint density at radius 3 is 2.96 bits per heavy atom. The largest absolute Gasteiger partial charge is 0.450 e. The van der Waals surface area contributed by atoms with Crippen molar-refractivity contribution < 1.29 is 9.53 Å². The molecule has 0 spiro atoms. The third-order valence-electron chi connectivity index (χ3n) is 4.24. The van der Waals surface area contributed by atoms with Gasteiger partial charge in [0.25, 0.3) is 0 Å². The molecule has 2 aromatic heterocycles. The minimum Gasteiger partial charge on any atom is -0.450 e. The van der Waals surface area contributed by atoms with Gasteiger partial charge in [0.1, 0.15) is 0 Å². The van der Waals surface area contributed by atoms with Crippen LogP contribution in [0.2, 0.25) is 0 Å². The lowest BCUT2D eigenvalue weighted by atomic mass is 10.2. The number of carbonyl (C=O) groups is 1. The smallest absolute Gasteiger partial charge is 0.413 e. The summed E-state index contributed by atoms with van der Waals surface area (Å²) in [4.78, 5) is 11.5. The molecular formula is C18H19N5O2S2. The van der Waals surface area contributed by atoms with Crippen molar-refractivity contribution in [2.45, 2.75) is 36.3 Å². The zero-order valence-corrected chi connectivity index (χ0v) is 16.5. The highest BCUT2D eigenvalue weighted by Crippen LogP contribution is 2.33. The maximum absolute atomic E-state index is 11.5. The zero-order chi connectivity index (χ0) is 18.6. The second kappa shape index (κ2) is 8.10. The molecule has 0 fully saturated rings. The van der Waals surface area contributed by atoms with Gasteiger partial charge >= 0.3 is 6.09 Å². The van der Waals surface area contributed by atoms with Crippen LogP contribution in [0.5, 0.6) is 0 Å². The Morgan fingerprint density at radius 1 is 1.30 bits per heavy atom. The van der Waals surface area contributed by atoms with E-state index in [1.54, 1.807) is 18.7 Å². The van der Waals surface area contributed by atoms with Gasteiger partial charge in [-0.05, 0) is 43.9 Å². The summed E-state index contributed by atoms with van der Waals surface area (Å²) in [7, 11) is 0. The highest BCUT2D eigenvalue weighted by Gasteiger charge is 2.23. The molecule has 140 valence electrons. The van der Waals surface area contributed by atoms with E-state index >= 15 is 0 Å². The topological polar surface area (TPSA) is 81.9 Å². The molecule has 0 bridgehead atoms. The van der Waals surface area contributed by atoms with Crippen molar-refractivity contribution in [2.75, 3.05) is 11.9 Å². The number of nitrogens with one attached hydrogen (secondary N) is 1. The number of hydrogen-bond acceptors (Lipinski definition) is 7. The van der Waals surface area contributed by atoms with Gasteiger partial charge in [-0.3, -0.25) is 5.32 Å². The third-order valence-corrected chi connectivity index (χ3v) is 6.22. The summed E-state index contributed by atoms with van der Waals surface area (Å²) in [6, 6.07) is 10.3. The van der Waals surface area contributed by atoms with Crippen LogP contribution < -0.4 is 5.32 Å². The molecule has 0 saturated heterocycles. The van der Waals surface area contributed by atoms with Gasteiger partial charge < -0.3 is 4.74 Å². The van der Waals surface area contributed by atoms with E-state index in [1.165, 1.54) is 29.0 Å². The number of amides is 1. The van der Waals surface area contributed by atoms with E-state index in [1.807, 2.05) is 18.2 Å². The van der Waals surface area contributed by atoms with Crippen LogP contribution in [-0.2, 0) is 23.3 Å². The van der Waals surface area contributed by atoms with Crippen LogP contribution in [0.4, 0.5) is 9.93 Å². The Balaban J connectivity index is 1.47. The lowest BCUT2D eigenvalue weighted by Gasteiger charge is -2.04. The van der Waals surface area contributed by atoms with E-state index in [-0.39, 0.29) is 0 Å². The molecule has 0 saturated carbocycles. The first-order valence-corrected chi connectivity index (χ1v) is 10.6. The lowest BCUT2D eigenvalue weighted by molar-refractivity contribution is 0.168. The fourth-order valence-corrected chi connectivity index (χ4v) is 4.82. The van der Waals surface area contributed by atoms with E-state index < -0.39 is 6.09 Å². The Labute approximate surface area is 165 Å². The highest BCUT2D eigenvalue weighted by molar-refractivity contribution is 8.00. The fourth-order valence-electron chi connectivity index (χ4n) is 3.12. The van der Waals surface area contributed by atoms with Gasteiger partial charge in [-0.25, -0.2) is 9.48 Å². The van der Waals surface area contributed by atoms with E-state index in [0.29, 0.717) is 11.7 Å². The number of thioether (sulfide) groups is 1. The van der Waals surface area contributed by atoms with Gasteiger partial charge in [-0.2, -0.15) is 5.10 Å². The number of carbonyl (C=O) groups excluding carboxylic acids is 1. The van der Waals surface area contributed by atoms with Gasteiger partial charge in [0.2, 0.25) is 5.13 Å². The number of nitrogens with zero attached hydrogens (tertiary/aromatic N) is 4. The molecule has 3 aromatic rings. The molecule has 27 heavy (non-hydrogen) atoms. The predicted octanol–water partition coefficient (Wildman–Crippen LogP) is 4.07. The van der Waals surface area contributed by atoms with Crippen LogP contribution in [0, 0.1) is 0 Å². The van der Waals surface area contributed by atoms with Gasteiger partial charge in [0.15, 0.2) is 4.34 Å². The molecule has 7 nitrogen and oxygen atoms in total. The summed E-state index contributed by atoms with van der Waals surface area (Å²) in [5.41, 5.74) is 4.88. The molecule has 1 aliphatic carbocycles. The molecule has 0 unspecified atom stereocenters. The van der Waals surface area contributed by atoms with E-state index in [4.69, 9.17) is 9.84 Å². The van der Waals surface area contributed by atoms with Gasteiger partial charge in [-0.1, -0.05) is 41.3 Å². The molecule has 0 radical (unpaired) electrons. The van der Waals surface area contributed by atoms with Crippen LogP contribution in [0.3, 0.4) is 0 Å².